The number of hydrogen-bond donors (Lipinski definition) is 4. The van der Waals surface area contributed by atoms with Gasteiger partial charge in [-0.2, -0.15) is 5.10 Å². The van der Waals surface area contributed by atoms with Gasteiger partial charge in [-0.1, -0.05) is 32.9 Å². The second-order valence-electron chi connectivity index (χ2n) is 11.2. The lowest BCUT2D eigenvalue weighted by Gasteiger charge is -2.34. The molecule has 0 saturated carbocycles. The summed E-state index contributed by atoms with van der Waals surface area (Å²) in [6, 6.07) is 12.7. The smallest absolute Gasteiger partial charge is 0.276 e. The minimum atomic E-state index is -0.411. The summed E-state index contributed by atoms with van der Waals surface area (Å²) in [6.07, 6.45) is 3.16. The normalized spacial score (nSPS) is 16.2. The SMILES string of the molecule is Cc1cc(C(=O)Nc2cccc([C@@H](CN)NC(=O)c3cc4cc5c(nc4s3)CC[C@@H](C(C)(C)C)C5)c2)n[nH]1. The number of aromatic nitrogens is 3. The van der Waals surface area contributed by atoms with Gasteiger partial charge in [0.15, 0.2) is 5.69 Å². The molecule has 9 heteroatoms. The molecular weight excluding hydrogens is 496 g/mol. The molecule has 3 heterocycles. The van der Waals surface area contributed by atoms with E-state index in [1.54, 1.807) is 12.1 Å². The quantitative estimate of drug-likeness (QED) is 0.274. The number of fused-ring (bicyclic) bond motifs is 2. The number of anilines is 1. The first-order valence-electron chi connectivity index (χ1n) is 13.0. The molecule has 198 valence electrons. The highest BCUT2D eigenvalue weighted by molar-refractivity contribution is 7.20. The summed E-state index contributed by atoms with van der Waals surface area (Å²) in [7, 11) is 0. The standard InChI is InChI=1S/C29H34N6O2S/c1-16-10-23(35-34-16)26(36)31-21-7-5-6-17(13-21)24(15-30)32-27(37)25-14-19-11-18-12-20(29(2,3)4)8-9-22(18)33-28(19)38-25/h5-7,10-11,13-14,20,24H,8-9,12,15,30H2,1-4H3,(H,31,36)(H,32,37)(H,34,35)/t20-,24-/m1/s1. The summed E-state index contributed by atoms with van der Waals surface area (Å²) >= 11 is 1.41. The summed E-state index contributed by atoms with van der Waals surface area (Å²) in [6.45, 7) is 8.97. The van der Waals surface area contributed by atoms with Gasteiger partial charge in [0, 0.05) is 29.0 Å². The molecule has 0 bridgehead atoms. The molecule has 3 aromatic heterocycles. The van der Waals surface area contributed by atoms with Crippen LogP contribution in [0.25, 0.3) is 10.2 Å². The molecule has 8 nitrogen and oxygen atoms in total. The van der Waals surface area contributed by atoms with Gasteiger partial charge < -0.3 is 16.4 Å². The zero-order valence-electron chi connectivity index (χ0n) is 22.2. The number of nitrogens with two attached hydrogens (primary N) is 1. The lowest BCUT2D eigenvalue weighted by Crippen LogP contribution is -2.33. The maximum absolute atomic E-state index is 13.2. The number of carbonyl (C=O) groups is 2. The van der Waals surface area contributed by atoms with Crippen molar-refractivity contribution >= 4 is 39.1 Å². The predicted molar refractivity (Wildman–Crippen MR) is 152 cm³/mol. The van der Waals surface area contributed by atoms with E-state index in [1.807, 2.05) is 31.2 Å². The van der Waals surface area contributed by atoms with Crippen molar-refractivity contribution in [3.8, 4) is 0 Å². The monoisotopic (exact) mass is 530 g/mol. The number of H-pyrrole nitrogens is 1. The van der Waals surface area contributed by atoms with Gasteiger partial charge in [-0.3, -0.25) is 14.7 Å². The first-order valence-corrected chi connectivity index (χ1v) is 13.8. The lowest BCUT2D eigenvalue weighted by atomic mass is 9.71. The number of aromatic amines is 1. The van der Waals surface area contributed by atoms with E-state index in [4.69, 9.17) is 10.7 Å². The Kier molecular flexibility index (Phi) is 7.07. The number of hydrogen-bond acceptors (Lipinski definition) is 6. The highest BCUT2D eigenvalue weighted by Crippen LogP contribution is 2.38. The van der Waals surface area contributed by atoms with Crippen molar-refractivity contribution in [2.24, 2.45) is 17.1 Å². The average Bonchev–Trinajstić information content (AvgIpc) is 3.51. The topological polar surface area (TPSA) is 126 Å². The number of pyridine rings is 1. The fourth-order valence-electron chi connectivity index (χ4n) is 5.04. The highest BCUT2D eigenvalue weighted by Gasteiger charge is 2.30. The molecule has 5 rings (SSSR count). The van der Waals surface area contributed by atoms with Gasteiger partial charge in [-0.15, -0.1) is 11.3 Å². The number of thiophene rings is 1. The van der Waals surface area contributed by atoms with E-state index >= 15 is 0 Å². The molecule has 38 heavy (non-hydrogen) atoms. The number of benzene rings is 1. The second kappa shape index (κ2) is 10.3. The molecule has 5 N–H and O–H groups in total. The number of rotatable bonds is 6. The van der Waals surface area contributed by atoms with Crippen molar-refractivity contribution < 1.29 is 9.59 Å². The highest BCUT2D eigenvalue weighted by atomic mass is 32.1. The average molecular weight is 531 g/mol. The number of aryl methyl sites for hydroxylation is 2. The molecule has 2 atom stereocenters. The number of nitrogens with zero attached hydrogens (tertiary/aromatic N) is 2. The Labute approximate surface area is 226 Å². The van der Waals surface area contributed by atoms with E-state index in [9.17, 15) is 9.59 Å². The summed E-state index contributed by atoms with van der Waals surface area (Å²) in [5.41, 5.74) is 11.3. The molecule has 0 aliphatic heterocycles. The van der Waals surface area contributed by atoms with Crippen LogP contribution in [0.15, 0.2) is 42.5 Å². The van der Waals surface area contributed by atoms with Gasteiger partial charge in [-0.25, -0.2) is 4.98 Å². The van der Waals surface area contributed by atoms with Crippen LogP contribution in [0.1, 0.15) is 75.9 Å². The minimum Gasteiger partial charge on any atom is -0.343 e. The van der Waals surface area contributed by atoms with E-state index in [0.29, 0.717) is 22.2 Å². The van der Waals surface area contributed by atoms with Gasteiger partial charge in [0.2, 0.25) is 0 Å². The molecular formula is C29H34N6O2S. The van der Waals surface area contributed by atoms with Crippen LogP contribution in [0, 0.1) is 18.3 Å². The van der Waals surface area contributed by atoms with Gasteiger partial charge in [0.05, 0.1) is 10.9 Å². The number of amides is 2. The Morgan fingerprint density at radius 2 is 2.00 bits per heavy atom. The van der Waals surface area contributed by atoms with E-state index in [1.165, 1.54) is 16.9 Å². The minimum absolute atomic E-state index is 0.185. The van der Waals surface area contributed by atoms with Crippen molar-refractivity contribution in [2.75, 3.05) is 11.9 Å². The lowest BCUT2D eigenvalue weighted by molar-refractivity contribution is 0.0941. The molecule has 0 fully saturated rings. The van der Waals surface area contributed by atoms with Crippen LogP contribution in [0.2, 0.25) is 0 Å². The van der Waals surface area contributed by atoms with Gasteiger partial charge in [-0.05, 0) is 79.0 Å². The van der Waals surface area contributed by atoms with Crippen molar-refractivity contribution in [1.82, 2.24) is 20.5 Å². The van der Waals surface area contributed by atoms with Gasteiger partial charge in [0.25, 0.3) is 11.8 Å². The third-order valence-corrected chi connectivity index (χ3v) is 8.39. The Morgan fingerprint density at radius 3 is 2.71 bits per heavy atom. The fraction of sp³-hybridized carbons (Fsp3) is 0.379. The van der Waals surface area contributed by atoms with E-state index < -0.39 is 6.04 Å². The second-order valence-corrected chi connectivity index (χ2v) is 12.2. The Bertz CT molecular complexity index is 1500. The van der Waals surface area contributed by atoms with Crippen LogP contribution in [0.5, 0.6) is 0 Å². The van der Waals surface area contributed by atoms with Crippen LogP contribution in [0.4, 0.5) is 5.69 Å². The van der Waals surface area contributed by atoms with Crippen molar-refractivity contribution in [3.63, 3.8) is 0 Å². The van der Waals surface area contributed by atoms with Crippen LogP contribution < -0.4 is 16.4 Å². The zero-order valence-corrected chi connectivity index (χ0v) is 23.0. The van der Waals surface area contributed by atoms with Crippen LogP contribution >= 0.6 is 11.3 Å². The third kappa shape index (κ3) is 5.49. The van der Waals surface area contributed by atoms with E-state index in [2.05, 4.69) is 47.7 Å². The summed E-state index contributed by atoms with van der Waals surface area (Å²) in [5.74, 6) is 0.134. The first-order chi connectivity index (χ1) is 18.1. The van der Waals surface area contributed by atoms with Crippen LogP contribution in [0.3, 0.4) is 0 Å². The Balaban J connectivity index is 1.31. The summed E-state index contributed by atoms with van der Waals surface area (Å²) in [5, 5.41) is 13.7. The number of nitrogens with one attached hydrogen (secondary N) is 3. The maximum Gasteiger partial charge on any atom is 0.276 e. The molecule has 2 amide bonds. The molecule has 0 radical (unpaired) electrons. The number of carbonyl (C=O) groups excluding carboxylic acids is 2. The largest absolute Gasteiger partial charge is 0.343 e. The molecule has 0 unspecified atom stereocenters. The fourth-order valence-corrected chi connectivity index (χ4v) is 5.98. The van der Waals surface area contributed by atoms with Crippen LogP contribution in [-0.4, -0.2) is 33.5 Å². The van der Waals surface area contributed by atoms with Crippen molar-refractivity contribution in [2.45, 2.75) is 53.0 Å². The maximum atomic E-state index is 13.2. The Hall–Kier alpha value is -3.56. The molecule has 4 aromatic rings. The summed E-state index contributed by atoms with van der Waals surface area (Å²) < 4.78 is 0. The molecule has 0 saturated heterocycles. The van der Waals surface area contributed by atoms with Crippen molar-refractivity contribution in [3.05, 3.63) is 75.6 Å². The molecule has 0 spiro atoms. The molecule has 1 aliphatic carbocycles. The Morgan fingerprint density at radius 1 is 1.18 bits per heavy atom. The van der Waals surface area contributed by atoms with E-state index in [0.717, 1.165) is 46.4 Å². The zero-order chi connectivity index (χ0) is 27.0. The van der Waals surface area contributed by atoms with E-state index in [-0.39, 0.29) is 23.8 Å². The molecule has 1 aliphatic rings. The molecule has 1 aromatic carbocycles. The van der Waals surface area contributed by atoms with Gasteiger partial charge >= 0.3 is 0 Å². The van der Waals surface area contributed by atoms with Gasteiger partial charge in [0.1, 0.15) is 4.83 Å². The summed E-state index contributed by atoms with van der Waals surface area (Å²) in [4.78, 5) is 32.2. The first kappa shape index (κ1) is 26.1. The van der Waals surface area contributed by atoms with Crippen molar-refractivity contribution in [1.29, 1.82) is 0 Å². The van der Waals surface area contributed by atoms with Crippen LogP contribution in [-0.2, 0) is 12.8 Å². The third-order valence-electron chi connectivity index (χ3n) is 7.35. The predicted octanol–water partition coefficient (Wildman–Crippen LogP) is 5.16.